The van der Waals surface area contributed by atoms with E-state index in [1.165, 1.54) is 0 Å². The number of hydrogen-bond donors (Lipinski definition) is 1. The van der Waals surface area contributed by atoms with E-state index in [1.54, 1.807) is 6.92 Å². The van der Waals surface area contributed by atoms with E-state index >= 15 is 0 Å². The number of benzene rings is 2. The lowest BCUT2D eigenvalue weighted by molar-refractivity contribution is 0.171. The molecular formula is C18H19ClN2O2. The molecule has 0 radical (unpaired) electrons. The van der Waals surface area contributed by atoms with Crippen LogP contribution in [0.2, 0.25) is 5.02 Å². The first-order valence-electron chi connectivity index (χ1n) is 7.55. The number of rotatable bonds is 5. The van der Waals surface area contributed by atoms with E-state index in [9.17, 15) is 5.11 Å². The summed E-state index contributed by atoms with van der Waals surface area (Å²) >= 11 is 6.05. The number of imidazole rings is 1. The van der Waals surface area contributed by atoms with E-state index in [2.05, 4.69) is 4.98 Å². The maximum absolute atomic E-state index is 9.77. The van der Waals surface area contributed by atoms with Gasteiger partial charge in [-0.25, -0.2) is 4.98 Å². The molecule has 0 bridgehead atoms. The molecule has 0 spiro atoms. The zero-order valence-corrected chi connectivity index (χ0v) is 13.9. The fourth-order valence-electron chi connectivity index (χ4n) is 2.58. The molecule has 2 aromatic carbocycles. The van der Waals surface area contributed by atoms with Crippen LogP contribution in [0.5, 0.6) is 5.75 Å². The third-order valence-electron chi connectivity index (χ3n) is 3.59. The van der Waals surface area contributed by atoms with Crippen LogP contribution in [0, 0.1) is 6.92 Å². The summed E-state index contributed by atoms with van der Waals surface area (Å²) in [5.74, 6) is 1.57. The van der Waals surface area contributed by atoms with Crippen molar-refractivity contribution >= 4 is 22.6 Å². The maximum Gasteiger partial charge on any atom is 0.148 e. The minimum atomic E-state index is -0.471. The van der Waals surface area contributed by atoms with Gasteiger partial charge >= 0.3 is 0 Å². The van der Waals surface area contributed by atoms with Gasteiger partial charge in [0.25, 0.3) is 0 Å². The molecule has 23 heavy (non-hydrogen) atoms. The molecule has 0 amide bonds. The zero-order chi connectivity index (χ0) is 16.4. The van der Waals surface area contributed by atoms with Crippen LogP contribution in [0.3, 0.4) is 0 Å². The van der Waals surface area contributed by atoms with E-state index in [1.807, 2.05) is 54.0 Å². The van der Waals surface area contributed by atoms with Crippen molar-refractivity contribution < 1.29 is 9.84 Å². The highest BCUT2D eigenvalue weighted by atomic mass is 35.5. The molecule has 0 aliphatic rings. The topological polar surface area (TPSA) is 47.3 Å². The number of aromatic nitrogens is 2. The minimum Gasteiger partial charge on any atom is -0.486 e. The van der Waals surface area contributed by atoms with E-state index in [4.69, 9.17) is 16.3 Å². The summed E-state index contributed by atoms with van der Waals surface area (Å²) in [6, 6.07) is 13.5. The first-order chi connectivity index (χ1) is 11.0. The highest BCUT2D eigenvalue weighted by molar-refractivity contribution is 6.31. The number of aliphatic hydroxyl groups excluding tert-OH is 1. The van der Waals surface area contributed by atoms with Gasteiger partial charge in [-0.15, -0.1) is 0 Å². The van der Waals surface area contributed by atoms with Crippen molar-refractivity contribution in [2.75, 3.05) is 0 Å². The van der Waals surface area contributed by atoms with Crippen molar-refractivity contribution in [3.63, 3.8) is 0 Å². The SMILES string of the molecule is Cc1cccc(OCc2nc3cc(Cl)ccc3n2CC(C)O)c1. The van der Waals surface area contributed by atoms with Crippen LogP contribution >= 0.6 is 11.6 Å². The number of fused-ring (bicyclic) bond motifs is 1. The Balaban J connectivity index is 1.92. The van der Waals surface area contributed by atoms with Gasteiger partial charge in [0.15, 0.2) is 0 Å². The minimum absolute atomic E-state index is 0.336. The molecule has 1 N–H and O–H groups in total. The first kappa shape index (κ1) is 15.8. The molecule has 3 aromatic rings. The number of ether oxygens (including phenoxy) is 1. The molecule has 5 heteroatoms. The molecule has 4 nitrogen and oxygen atoms in total. The Labute approximate surface area is 140 Å². The lowest BCUT2D eigenvalue weighted by atomic mass is 10.2. The summed E-state index contributed by atoms with van der Waals surface area (Å²) < 4.78 is 7.84. The molecule has 0 aliphatic heterocycles. The van der Waals surface area contributed by atoms with Gasteiger partial charge in [0.05, 0.1) is 23.7 Å². The molecule has 0 saturated carbocycles. The quantitative estimate of drug-likeness (QED) is 0.770. The Kier molecular flexibility index (Phi) is 4.55. The second kappa shape index (κ2) is 6.60. The zero-order valence-electron chi connectivity index (χ0n) is 13.2. The summed E-state index contributed by atoms with van der Waals surface area (Å²) in [6.07, 6.45) is -0.471. The van der Waals surface area contributed by atoms with Crippen LogP contribution < -0.4 is 4.74 Å². The largest absolute Gasteiger partial charge is 0.486 e. The van der Waals surface area contributed by atoms with Gasteiger partial charge in [0, 0.05) is 5.02 Å². The third kappa shape index (κ3) is 3.66. The van der Waals surface area contributed by atoms with Crippen LogP contribution in [0.15, 0.2) is 42.5 Å². The normalized spacial score (nSPS) is 12.5. The summed E-state index contributed by atoms with van der Waals surface area (Å²) in [4.78, 5) is 4.61. The van der Waals surface area contributed by atoms with E-state index < -0.39 is 6.10 Å². The predicted molar refractivity (Wildman–Crippen MR) is 91.9 cm³/mol. The lowest BCUT2D eigenvalue weighted by Crippen LogP contribution is -2.15. The molecule has 0 saturated heterocycles. The van der Waals surface area contributed by atoms with Crippen LogP contribution in [0.1, 0.15) is 18.3 Å². The second-order valence-corrected chi connectivity index (χ2v) is 6.16. The highest BCUT2D eigenvalue weighted by Gasteiger charge is 2.13. The van der Waals surface area contributed by atoms with Crippen LogP contribution in [-0.4, -0.2) is 20.8 Å². The van der Waals surface area contributed by atoms with Gasteiger partial charge in [-0.1, -0.05) is 23.7 Å². The van der Waals surface area contributed by atoms with Gasteiger partial charge in [-0.05, 0) is 49.7 Å². The molecular weight excluding hydrogens is 312 g/mol. The summed E-state index contributed by atoms with van der Waals surface area (Å²) in [5.41, 5.74) is 2.89. The number of hydrogen-bond acceptors (Lipinski definition) is 3. The van der Waals surface area contributed by atoms with Crippen molar-refractivity contribution in [2.24, 2.45) is 0 Å². The van der Waals surface area contributed by atoms with Crippen LogP contribution in [0.25, 0.3) is 11.0 Å². The van der Waals surface area contributed by atoms with Crippen LogP contribution in [-0.2, 0) is 13.2 Å². The Morgan fingerprint density at radius 3 is 2.83 bits per heavy atom. The Morgan fingerprint density at radius 2 is 2.09 bits per heavy atom. The fraction of sp³-hybridized carbons (Fsp3) is 0.278. The molecule has 1 atom stereocenters. The smallest absolute Gasteiger partial charge is 0.148 e. The van der Waals surface area contributed by atoms with Gasteiger partial charge in [0.2, 0.25) is 0 Å². The maximum atomic E-state index is 9.77. The molecule has 1 unspecified atom stereocenters. The number of aryl methyl sites for hydroxylation is 1. The summed E-state index contributed by atoms with van der Waals surface area (Å²) in [7, 11) is 0. The third-order valence-corrected chi connectivity index (χ3v) is 3.83. The first-order valence-corrected chi connectivity index (χ1v) is 7.93. The van der Waals surface area contributed by atoms with Crippen molar-refractivity contribution in [3.05, 3.63) is 58.9 Å². The molecule has 1 heterocycles. The Hall–Kier alpha value is -2.04. The predicted octanol–water partition coefficient (Wildman–Crippen LogP) is 3.96. The lowest BCUT2D eigenvalue weighted by Gasteiger charge is -2.12. The van der Waals surface area contributed by atoms with E-state index in [-0.39, 0.29) is 0 Å². The molecule has 3 rings (SSSR count). The van der Waals surface area contributed by atoms with E-state index in [0.29, 0.717) is 18.2 Å². The van der Waals surface area contributed by atoms with E-state index in [0.717, 1.165) is 28.2 Å². The Bertz CT molecular complexity index is 827. The number of nitrogens with zero attached hydrogens (tertiary/aromatic N) is 2. The van der Waals surface area contributed by atoms with Gasteiger partial charge < -0.3 is 14.4 Å². The average molecular weight is 331 g/mol. The molecule has 0 aliphatic carbocycles. The molecule has 0 fully saturated rings. The second-order valence-electron chi connectivity index (χ2n) is 5.73. The summed E-state index contributed by atoms with van der Waals surface area (Å²) in [5, 5.41) is 10.4. The van der Waals surface area contributed by atoms with Gasteiger partial charge in [0.1, 0.15) is 18.2 Å². The summed E-state index contributed by atoms with van der Waals surface area (Å²) in [6.45, 7) is 4.58. The molecule has 1 aromatic heterocycles. The number of halogens is 1. The average Bonchev–Trinajstić information content (AvgIpc) is 2.81. The Morgan fingerprint density at radius 1 is 1.26 bits per heavy atom. The van der Waals surface area contributed by atoms with Crippen LogP contribution in [0.4, 0.5) is 0 Å². The van der Waals surface area contributed by atoms with Gasteiger partial charge in [-0.3, -0.25) is 0 Å². The van der Waals surface area contributed by atoms with Crippen molar-refractivity contribution in [1.29, 1.82) is 0 Å². The number of aliphatic hydroxyl groups is 1. The highest BCUT2D eigenvalue weighted by Crippen LogP contribution is 2.22. The molecule has 120 valence electrons. The fourth-order valence-corrected chi connectivity index (χ4v) is 2.75. The van der Waals surface area contributed by atoms with Crippen molar-refractivity contribution in [1.82, 2.24) is 9.55 Å². The van der Waals surface area contributed by atoms with Crippen molar-refractivity contribution in [3.8, 4) is 5.75 Å². The standard InChI is InChI=1S/C18H19ClN2O2/c1-12-4-3-5-15(8-12)23-11-18-20-16-9-14(19)6-7-17(16)21(18)10-13(2)22/h3-9,13,22H,10-11H2,1-2H3. The van der Waals surface area contributed by atoms with Gasteiger partial charge in [-0.2, -0.15) is 0 Å². The van der Waals surface area contributed by atoms with Crippen molar-refractivity contribution in [2.45, 2.75) is 33.1 Å². The monoisotopic (exact) mass is 330 g/mol.